The zero-order valence-corrected chi connectivity index (χ0v) is 17.5. The molecule has 0 saturated carbocycles. The number of hydrogen-bond donors (Lipinski definition) is 1. The lowest BCUT2D eigenvalue weighted by Crippen LogP contribution is -2.30. The Labute approximate surface area is 173 Å². The van der Waals surface area contributed by atoms with E-state index in [1.54, 1.807) is 19.1 Å². The average Bonchev–Trinajstić information content (AvgIpc) is 3.05. The van der Waals surface area contributed by atoms with Gasteiger partial charge in [-0.25, -0.2) is 14.6 Å². The number of pyridine rings is 1. The van der Waals surface area contributed by atoms with Gasteiger partial charge in [-0.3, -0.25) is 4.79 Å². The minimum atomic E-state index is -1.04. The lowest BCUT2D eigenvalue weighted by molar-refractivity contribution is -0.123. The van der Waals surface area contributed by atoms with Crippen molar-refractivity contribution in [1.29, 1.82) is 0 Å². The van der Waals surface area contributed by atoms with Gasteiger partial charge in [-0.15, -0.1) is 11.3 Å². The van der Waals surface area contributed by atoms with Gasteiger partial charge in [0.05, 0.1) is 12.2 Å². The molecule has 2 unspecified atom stereocenters. The molecule has 29 heavy (non-hydrogen) atoms. The number of amides is 1. The molecule has 1 N–H and O–H groups in total. The minimum Gasteiger partial charge on any atom is -0.462 e. The Morgan fingerprint density at radius 3 is 2.79 bits per heavy atom. The summed E-state index contributed by atoms with van der Waals surface area (Å²) in [6, 6.07) is 4.86. The molecule has 2 atom stereocenters. The van der Waals surface area contributed by atoms with Crippen LogP contribution in [0.2, 0.25) is 0 Å². The predicted octanol–water partition coefficient (Wildman–Crippen LogP) is 3.63. The zero-order chi connectivity index (χ0) is 21.0. The molecule has 0 spiro atoms. The number of fused-ring (bicyclic) bond motifs is 1. The highest BCUT2D eigenvalue weighted by Crippen LogP contribution is 2.40. The molecule has 3 rings (SSSR count). The monoisotopic (exact) mass is 416 g/mol. The summed E-state index contributed by atoms with van der Waals surface area (Å²) in [5, 5.41) is 3.21. The number of aromatic nitrogens is 1. The van der Waals surface area contributed by atoms with Crippen LogP contribution in [0.1, 0.15) is 58.5 Å². The molecule has 8 heteroatoms. The van der Waals surface area contributed by atoms with E-state index in [0.717, 1.165) is 29.7 Å². The Kier molecular flexibility index (Phi) is 6.64. The van der Waals surface area contributed by atoms with Crippen LogP contribution in [0.5, 0.6) is 0 Å². The first-order valence-electron chi connectivity index (χ1n) is 9.65. The number of thiophene rings is 1. The van der Waals surface area contributed by atoms with Gasteiger partial charge in [-0.05, 0) is 56.7 Å². The quantitative estimate of drug-likeness (QED) is 0.723. The van der Waals surface area contributed by atoms with Crippen LogP contribution in [-0.2, 0) is 27.1 Å². The molecule has 0 aromatic carbocycles. The van der Waals surface area contributed by atoms with E-state index in [1.165, 1.54) is 30.5 Å². The van der Waals surface area contributed by atoms with Gasteiger partial charge in [-0.2, -0.15) is 0 Å². The molecular formula is C21H24N2O5S. The summed E-state index contributed by atoms with van der Waals surface area (Å²) in [6.45, 7) is 5.65. The van der Waals surface area contributed by atoms with Crippen molar-refractivity contribution in [3.8, 4) is 0 Å². The molecule has 0 aliphatic heterocycles. The smallest absolute Gasteiger partial charge is 0.357 e. The molecule has 154 valence electrons. The topological polar surface area (TPSA) is 94.6 Å². The summed E-state index contributed by atoms with van der Waals surface area (Å²) < 4.78 is 10.4. The summed E-state index contributed by atoms with van der Waals surface area (Å²) in [5.41, 5.74) is 1.51. The molecule has 0 saturated heterocycles. The molecule has 2 aromatic heterocycles. The molecule has 7 nitrogen and oxygen atoms in total. The van der Waals surface area contributed by atoms with Crippen LogP contribution in [-0.4, -0.2) is 35.5 Å². The van der Waals surface area contributed by atoms with E-state index in [2.05, 4.69) is 17.2 Å². The highest BCUT2D eigenvalue weighted by atomic mass is 32.1. The first kappa shape index (κ1) is 21.0. The maximum atomic E-state index is 12.6. The van der Waals surface area contributed by atoms with Crippen molar-refractivity contribution in [3.63, 3.8) is 0 Å². The van der Waals surface area contributed by atoms with Gasteiger partial charge in [0.25, 0.3) is 5.91 Å². The van der Waals surface area contributed by atoms with Crippen molar-refractivity contribution in [2.75, 3.05) is 11.9 Å². The Morgan fingerprint density at radius 1 is 1.31 bits per heavy atom. The SMILES string of the molecule is CCOC(=O)c1c(NC(=O)C(C)OC(=O)c2ccccn2)sc2c1CCC(C)C2. The van der Waals surface area contributed by atoms with Crippen molar-refractivity contribution in [2.45, 2.75) is 46.1 Å². The highest BCUT2D eigenvalue weighted by Gasteiger charge is 2.30. The van der Waals surface area contributed by atoms with Crippen molar-refractivity contribution in [2.24, 2.45) is 5.92 Å². The Balaban J connectivity index is 1.77. The van der Waals surface area contributed by atoms with E-state index in [-0.39, 0.29) is 12.3 Å². The molecule has 1 amide bonds. The maximum Gasteiger partial charge on any atom is 0.357 e. The molecule has 0 bridgehead atoms. The van der Waals surface area contributed by atoms with Crippen LogP contribution < -0.4 is 5.32 Å². The normalized spacial score (nSPS) is 16.4. The molecule has 1 aliphatic carbocycles. The van der Waals surface area contributed by atoms with Gasteiger partial charge in [0.1, 0.15) is 10.7 Å². The summed E-state index contributed by atoms with van der Waals surface area (Å²) in [4.78, 5) is 42.3. The van der Waals surface area contributed by atoms with E-state index in [4.69, 9.17) is 9.47 Å². The van der Waals surface area contributed by atoms with Crippen LogP contribution in [0, 0.1) is 5.92 Å². The van der Waals surface area contributed by atoms with Crippen LogP contribution in [0.3, 0.4) is 0 Å². The Morgan fingerprint density at radius 2 is 2.10 bits per heavy atom. The van der Waals surface area contributed by atoms with E-state index in [1.807, 2.05) is 0 Å². The van der Waals surface area contributed by atoms with Crippen molar-refractivity contribution in [3.05, 3.63) is 46.1 Å². The van der Waals surface area contributed by atoms with Gasteiger partial charge in [-0.1, -0.05) is 13.0 Å². The molecule has 0 fully saturated rings. The van der Waals surface area contributed by atoms with Crippen molar-refractivity contribution >= 4 is 34.2 Å². The van der Waals surface area contributed by atoms with Gasteiger partial charge in [0, 0.05) is 11.1 Å². The number of hydrogen-bond acceptors (Lipinski definition) is 7. The third kappa shape index (κ3) is 4.82. The first-order chi connectivity index (χ1) is 13.9. The fraction of sp³-hybridized carbons (Fsp3) is 0.429. The van der Waals surface area contributed by atoms with Crippen LogP contribution in [0.4, 0.5) is 5.00 Å². The van der Waals surface area contributed by atoms with Crippen molar-refractivity contribution in [1.82, 2.24) is 4.98 Å². The standard InChI is InChI=1S/C21H24N2O5S/c1-4-27-21(26)17-14-9-8-12(2)11-16(14)29-19(17)23-18(24)13(3)28-20(25)15-7-5-6-10-22-15/h5-7,10,12-13H,4,8-9,11H2,1-3H3,(H,23,24). The summed E-state index contributed by atoms with van der Waals surface area (Å²) in [5.74, 6) is -1.10. The molecule has 2 heterocycles. The number of nitrogens with zero attached hydrogens (tertiary/aromatic N) is 1. The summed E-state index contributed by atoms with van der Waals surface area (Å²) in [7, 11) is 0. The number of esters is 2. The van der Waals surface area contributed by atoms with E-state index in [9.17, 15) is 14.4 Å². The van der Waals surface area contributed by atoms with Crippen LogP contribution >= 0.6 is 11.3 Å². The average molecular weight is 416 g/mol. The Bertz CT molecular complexity index is 909. The number of ether oxygens (including phenoxy) is 2. The highest BCUT2D eigenvalue weighted by molar-refractivity contribution is 7.17. The third-order valence-electron chi connectivity index (χ3n) is 4.76. The van der Waals surface area contributed by atoms with Crippen molar-refractivity contribution < 1.29 is 23.9 Å². The van der Waals surface area contributed by atoms with Gasteiger partial charge >= 0.3 is 11.9 Å². The number of carbonyl (C=O) groups excluding carboxylic acids is 3. The number of carbonyl (C=O) groups is 3. The van der Waals surface area contributed by atoms with E-state index < -0.39 is 23.9 Å². The lowest BCUT2D eigenvalue weighted by atomic mass is 9.88. The molecule has 1 aliphatic rings. The second-order valence-electron chi connectivity index (χ2n) is 7.03. The second kappa shape index (κ2) is 9.17. The third-order valence-corrected chi connectivity index (χ3v) is 5.92. The first-order valence-corrected chi connectivity index (χ1v) is 10.5. The zero-order valence-electron chi connectivity index (χ0n) is 16.7. The number of nitrogens with one attached hydrogen (secondary N) is 1. The van der Waals surface area contributed by atoms with E-state index >= 15 is 0 Å². The predicted molar refractivity (Wildman–Crippen MR) is 109 cm³/mol. The van der Waals surface area contributed by atoms with Gasteiger partial charge in [0.2, 0.25) is 0 Å². The fourth-order valence-electron chi connectivity index (χ4n) is 3.23. The summed E-state index contributed by atoms with van der Waals surface area (Å²) >= 11 is 1.40. The molecular weight excluding hydrogens is 392 g/mol. The summed E-state index contributed by atoms with van der Waals surface area (Å²) in [6.07, 6.45) is 3.07. The van der Waals surface area contributed by atoms with E-state index in [0.29, 0.717) is 16.5 Å². The lowest BCUT2D eigenvalue weighted by Gasteiger charge is -2.18. The molecule has 0 radical (unpaired) electrons. The number of anilines is 1. The maximum absolute atomic E-state index is 12.6. The Hall–Kier alpha value is -2.74. The van der Waals surface area contributed by atoms with Crippen LogP contribution in [0.15, 0.2) is 24.4 Å². The number of rotatable bonds is 6. The second-order valence-corrected chi connectivity index (χ2v) is 8.13. The van der Waals surface area contributed by atoms with Gasteiger partial charge in [0.15, 0.2) is 6.10 Å². The fourth-order valence-corrected chi connectivity index (χ4v) is 4.63. The largest absolute Gasteiger partial charge is 0.462 e. The van der Waals surface area contributed by atoms with Gasteiger partial charge < -0.3 is 14.8 Å². The molecule has 2 aromatic rings. The van der Waals surface area contributed by atoms with Crippen LogP contribution in [0.25, 0.3) is 0 Å². The minimum absolute atomic E-state index is 0.125.